The molecular weight excluding hydrogens is 382 g/mol. The molecule has 0 saturated heterocycles. The largest absolute Gasteiger partial charge is 0.496 e. The third kappa shape index (κ3) is 2.74. The van der Waals surface area contributed by atoms with E-state index in [2.05, 4.69) is 30.9 Å². The highest BCUT2D eigenvalue weighted by molar-refractivity contribution is 9.10. The van der Waals surface area contributed by atoms with Gasteiger partial charge in [-0.05, 0) is 47.0 Å². The Kier molecular flexibility index (Phi) is 4.16. The van der Waals surface area contributed by atoms with E-state index in [9.17, 15) is 0 Å². The topological polar surface area (TPSA) is 78.8 Å². The predicted octanol–water partition coefficient (Wildman–Crippen LogP) is 3.50. The lowest BCUT2D eigenvalue weighted by molar-refractivity contribution is 0.408. The van der Waals surface area contributed by atoms with Crippen molar-refractivity contribution in [3.05, 3.63) is 38.7 Å². The van der Waals surface area contributed by atoms with Crippen LogP contribution in [0.5, 0.6) is 5.75 Å². The van der Waals surface area contributed by atoms with E-state index in [4.69, 9.17) is 22.1 Å². The molecule has 0 amide bonds. The Morgan fingerprint density at radius 2 is 2.09 bits per heavy atom. The number of aryl methyl sites for hydroxylation is 1. The lowest BCUT2D eigenvalue weighted by Gasteiger charge is -2.15. The maximum Gasteiger partial charge on any atom is 0.223 e. The average molecular weight is 397 g/mol. The Hall–Kier alpha value is -1.86. The Morgan fingerprint density at radius 3 is 2.78 bits per heavy atom. The minimum Gasteiger partial charge on any atom is -0.496 e. The van der Waals surface area contributed by atoms with Crippen LogP contribution in [0.15, 0.2) is 17.0 Å². The number of hydrogen-bond donors (Lipinski definition) is 1. The van der Waals surface area contributed by atoms with E-state index in [-0.39, 0.29) is 5.95 Å². The maximum atomic E-state index is 6.50. The van der Waals surface area contributed by atoms with Crippen LogP contribution in [-0.4, -0.2) is 26.6 Å². The number of ether oxygens (including phenoxy) is 1. The number of nitrogens with two attached hydrogens (primary N) is 1. The van der Waals surface area contributed by atoms with Gasteiger partial charge in [0.05, 0.1) is 25.0 Å². The molecule has 0 saturated carbocycles. The molecule has 2 N–H and O–H groups in total. The van der Waals surface area contributed by atoms with Gasteiger partial charge in [0.1, 0.15) is 15.9 Å². The molecule has 120 valence electrons. The molecule has 0 radical (unpaired) electrons. The number of rotatable bonds is 3. The third-order valence-electron chi connectivity index (χ3n) is 3.68. The van der Waals surface area contributed by atoms with Crippen LogP contribution >= 0.6 is 27.5 Å². The van der Waals surface area contributed by atoms with E-state index in [1.807, 2.05) is 24.5 Å². The lowest BCUT2D eigenvalue weighted by atomic mass is 10.1. The fourth-order valence-electron chi connectivity index (χ4n) is 2.68. The Bertz CT molecular complexity index is 909. The van der Waals surface area contributed by atoms with Crippen LogP contribution in [0.4, 0.5) is 5.95 Å². The van der Waals surface area contributed by atoms with Crippen LogP contribution in [0.2, 0.25) is 5.02 Å². The van der Waals surface area contributed by atoms with Crippen molar-refractivity contribution >= 4 is 44.6 Å². The van der Waals surface area contributed by atoms with Crippen molar-refractivity contribution in [1.82, 2.24) is 19.5 Å². The molecule has 2 aromatic heterocycles. The van der Waals surface area contributed by atoms with Crippen LogP contribution in [0.3, 0.4) is 0 Å². The first-order valence-corrected chi connectivity index (χ1v) is 8.06. The number of halogens is 2. The average Bonchev–Trinajstić information content (AvgIpc) is 2.88. The van der Waals surface area contributed by atoms with Gasteiger partial charge in [0.2, 0.25) is 5.95 Å². The summed E-state index contributed by atoms with van der Waals surface area (Å²) >= 11 is 9.85. The number of fused-ring (bicyclic) bond motifs is 1. The van der Waals surface area contributed by atoms with Gasteiger partial charge in [-0.3, -0.25) is 0 Å². The zero-order chi connectivity index (χ0) is 16.7. The number of methoxy groups -OCH3 is 1. The molecule has 0 spiro atoms. The van der Waals surface area contributed by atoms with Crippen molar-refractivity contribution in [3.8, 4) is 5.75 Å². The first-order chi connectivity index (χ1) is 10.9. The monoisotopic (exact) mass is 395 g/mol. The Balaban J connectivity index is 2.10. The molecule has 23 heavy (non-hydrogen) atoms. The summed E-state index contributed by atoms with van der Waals surface area (Å²) in [5.74, 6) is 1.00. The summed E-state index contributed by atoms with van der Waals surface area (Å²) in [5.41, 5.74) is 9.97. The first kappa shape index (κ1) is 16.0. The Morgan fingerprint density at radius 1 is 1.35 bits per heavy atom. The molecule has 0 aliphatic heterocycles. The van der Waals surface area contributed by atoms with E-state index in [0.717, 1.165) is 22.4 Å². The van der Waals surface area contributed by atoms with Gasteiger partial charge in [-0.15, -0.1) is 0 Å². The molecule has 0 atom stereocenters. The van der Waals surface area contributed by atoms with Crippen molar-refractivity contribution in [2.75, 3.05) is 12.8 Å². The molecule has 0 unspecified atom stereocenters. The van der Waals surface area contributed by atoms with E-state index in [0.29, 0.717) is 27.3 Å². The molecule has 3 rings (SSSR count). The predicted molar refractivity (Wildman–Crippen MR) is 94.0 cm³/mol. The van der Waals surface area contributed by atoms with Gasteiger partial charge in [-0.2, -0.15) is 4.98 Å². The van der Waals surface area contributed by atoms with Crippen LogP contribution in [0.1, 0.15) is 16.7 Å². The van der Waals surface area contributed by atoms with Gasteiger partial charge in [-0.25, -0.2) is 9.97 Å². The van der Waals surface area contributed by atoms with E-state index < -0.39 is 0 Å². The molecule has 0 aliphatic carbocycles. The minimum absolute atomic E-state index is 0.194. The highest BCUT2D eigenvalue weighted by atomic mass is 79.9. The van der Waals surface area contributed by atoms with E-state index in [1.54, 1.807) is 13.4 Å². The molecule has 0 aliphatic rings. The second-order valence-corrected chi connectivity index (χ2v) is 6.37. The summed E-state index contributed by atoms with van der Waals surface area (Å²) in [7, 11) is 1.64. The van der Waals surface area contributed by atoms with Crippen LogP contribution in [0, 0.1) is 13.8 Å². The maximum absolute atomic E-state index is 6.50. The van der Waals surface area contributed by atoms with Crippen molar-refractivity contribution in [3.63, 3.8) is 0 Å². The lowest BCUT2D eigenvalue weighted by Crippen LogP contribution is -2.04. The minimum atomic E-state index is 0.194. The number of benzene rings is 1. The summed E-state index contributed by atoms with van der Waals surface area (Å²) in [4.78, 5) is 12.7. The standard InChI is InChI=1S/C15H15BrClN5O/c1-7-4-9(10(17)8(2)12(7)23-3)5-22-6-19-11-13(16)20-15(18)21-14(11)22/h4,6H,5H2,1-3H3,(H2,18,20,21). The Labute approximate surface area is 146 Å². The van der Waals surface area contributed by atoms with Crippen LogP contribution in [0.25, 0.3) is 11.2 Å². The number of nitrogens with zero attached hydrogens (tertiary/aromatic N) is 4. The zero-order valence-corrected chi connectivity index (χ0v) is 15.2. The van der Waals surface area contributed by atoms with E-state index in [1.165, 1.54) is 0 Å². The smallest absolute Gasteiger partial charge is 0.223 e. The van der Waals surface area contributed by atoms with Gasteiger partial charge in [-0.1, -0.05) is 11.6 Å². The van der Waals surface area contributed by atoms with Crippen molar-refractivity contribution < 1.29 is 4.74 Å². The fourth-order valence-corrected chi connectivity index (χ4v) is 3.34. The highest BCUT2D eigenvalue weighted by Gasteiger charge is 2.15. The van der Waals surface area contributed by atoms with Gasteiger partial charge in [0.25, 0.3) is 0 Å². The van der Waals surface area contributed by atoms with Crippen molar-refractivity contribution in [2.24, 2.45) is 0 Å². The second kappa shape index (κ2) is 5.98. The zero-order valence-electron chi connectivity index (χ0n) is 12.9. The number of aromatic nitrogens is 4. The highest BCUT2D eigenvalue weighted by Crippen LogP contribution is 2.33. The molecule has 3 aromatic rings. The SMILES string of the molecule is COc1c(C)cc(Cn2cnc3c(Br)nc(N)nc32)c(Cl)c1C. The van der Waals surface area contributed by atoms with Crippen molar-refractivity contribution in [1.29, 1.82) is 0 Å². The molecule has 0 fully saturated rings. The summed E-state index contributed by atoms with van der Waals surface area (Å²) in [6.07, 6.45) is 1.70. The first-order valence-electron chi connectivity index (χ1n) is 6.88. The summed E-state index contributed by atoms with van der Waals surface area (Å²) in [6, 6.07) is 2.01. The van der Waals surface area contributed by atoms with Gasteiger partial charge >= 0.3 is 0 Å². The van der Waals surface area contributed by atoms with Gasteiger partial charge < -0.3 is 15.0 Å². The number of anilines is 1. The second-order valence-electron chi connectivity index (χ2n) is 5.24. The van der Waals surface area contributed by atoms with Crippen LogP contribution in [-0.2, 0) is 6.54 Å². The number of nitrogen functional groups attached to an aromatic ring is 1. The molecule has 2 heterocycles. The normalized spacial score (nSPS) is 11.2. The van der Waals surface area contributed by atoms with Crippen molar-refractivity contribution in [2.45, 2.75) is 20.4 Å². The molecule has 8 heteroatoms. The van der Waals surface area contributed by atoms with Gasteiger partial charge in [0, 0.05) is 5.56 Å². The molecule has 0 bridgehead atoms. The quantitative estimate of drug-likeness (QED) is 0.686. The summed E-state index contributed by atoms with van der Waals surface area (Å²) in [6.45, 7) is 4.47. The van der Waals surface area contributed by atoms with Gasteiger partial charge in [0.15, 0.2) is 5.65 Å². The third-order valence-corrected chi connectivity index (χ3v) is 4.76. The summed E-state index contributed by atoms with van der Waals surface area (Å²) in [5, 5.41) is 0.676. The molecule has 6 nitrogen and oxygen atoms in total. The number of imidazole rings is 1. The van der Waals surface area contributed by atoms with E-state index >= 15 is 0 Å². The number of hydrogen-bond acceptors (Lipinski definition) is 5. The molecule has 1 aromatic carbocycles. The fraction of sp³-hybridized carbons (Fsp3) is 0.267. The molecular formula is C15H15BrClN5O. The summed E-state index contributed by atoms with van der Waals surface area (Å²) < 4.78 is 7.87. The van der Waals surface area contributed by atoms with Crippen LogP contribution < -0.4 is 10.5 Å².